The van der Waals surface area contributed by atoms with Gasteiger partial charge in [-0.2, -0.15) is 0 Å². The van der Waals surface area contributed by atoms with Crippen molar-refractivity contribution in [2.24, 2.45) is 4.99 Å². The van der Waals surface area contributed by atoms with Crippen molar-refractivity contribution in [3.05, 3.63) is 59.8 Å². The van der Waals surface area contributed by atoms with Crippen LogP contribution in [0.25, 0.3) is 0 Å². The fourth-order valence-corrected chi connectivity index (χ4v) is 2.68. The van der Waals surface area contributed by atoms with E-state index < -0.39 is 0 Å². The standard InChI is InChI=1S/C18H22FN3O.HI/c1-2-20-17(21-12-16-4-3-11-23-16)22-13-18(9-10-18)14-5-7-15(19)8-6-14;/h3-8,11H,2,9-10,12-13H2,1H3,(H2,20,21,22);1H. The van der Waals surface area contributed by atoms with Gasteiger partial charge in [-0.15, -0.1) is 24.0 Å². The van der Waals surface area contributed by atoms with Gasteiger partial charge >= 0.3 is 0 Å². The summed E-state index contributed by atoms with van der Waals surface area (Å²) in [4.78, 5) is 4.54. The summed E-state index contributed by atoms with van der Waals surface area (Å²) in [5.74, 6) is 1.42. The minimum absolute atomic E-state index is 0. The van der Waals surface area contributed by atoms with E-state index in [0.717, 1.165) is 37.7 Å². The molecule has 1 aromatic carbocycles. The number of hydrogen-bond donors (Lipinski definition) is 2. The van der Waals surface area contributed by atoms with Crippen LogP contribution in [0.2, 0.25) is 0 Å². The molecule has 3 rings (SSSR count). The number of halogens is 2. The zero-order valence-corrected chi connectivity index (χ0v) is 16.0. The summed E-state index contributed by atoms with van der Waals surface area (Å²) in [5.41, 5.74) is 1.29. The molecule has 24 heavy (non-hydrogen) atoms. The zero-order chi connectivity index (χ0) is 16.1. The normalized spacial score (nSPS) is 15.5. The molecule has 130 valence electrons. The molecule has 0 saturated heterocycles. The number of aliphatic imine (C=N–C) groups is 1. The van der Waals surface area contributed by atoms with Gasteiger partial charge in [0.2, 0.25) is 0 Å². The third kappa shape index (κ3) is 4.72. The van der Waals surface area contributed by atoms with E-state index in [-0.39, 0.29) is 35.2 Å². The maximum absolute atomic E-state index is 13.1. The van der Waals surface area contributed by atoms with Crippen LogP contribution in [0.3, 0.4) is 0 Å². The number of benzene rings is 1. The van der Waals surface area contributed by atoms with E-state index in [2.05, 4.69) is 15.6 Å². The molecule has 2 aromatic rings. The van der Waals surface area contributed by atoms with E-state index in [1.54, 1.807) is 6.26 Å². The van der Waals surface area contributed by atoms with Crippen molar-refractivity contribution in [1.82, 2.24) is 10.6 Å². The Balaban J connectivity index is 0.00000208. The van der Waals surface area contributed by atoms with Crippen molar-refractivity contribution < 1.29 is 8.81 Å². The molecular weight excluding hydrogens is 420 g/mol. The monoisotopic (exact) mass is 443 g/mol. The molecule has 2 N–H and O–H groups in total. The van der Waals surface area contributed by atoms with E-state index in [4.69, 9.17) is 4.42 Å². The van der Waals surface area contributed by atoms with E-state index in [1.807, 2.05) is 31.2 Å². The third-order valence-corrected chi connectivity index (χ3v) is 4.22. The van der Waals surface area contributed by atoms with Crippen LogP contribution in [-0.2, 0) is 12.0 Å². The Bertz CT molecular complexity index is 651. The second-order valence-corrected chi connectivity index (χ2v) is 5.92. The summed E-state index contributed by atoms with van der Waals surface area (Å²) in [6.07, 6.45) is 3.88. The molecule has 0 unspecified atom stereocenters. The molecule has 0 bridgehead atoms. The van der Waals surface area contributed by atoms with Crippen molar-refractivity contribution in [3.8, 4) is 0 Å². The number of rotatable bonds is 6. The summed E-state index contributed by atoms with van der Waals surface area (Å²) in [7, 11) is 0. The molecule has 1 aliphatic carbocycles. The summed E-state index contributed by atoms with van der Waals surface area (Å²) in [5, 5.41) is 6.65. The minimum Gasteiger partial charge on any atom is -0.467 e. The lowest BCUT2D eigenvalue weighted by molar-refractivity contribution is 0.511. The number of guanidine groups is 1. The smallest absolute Gasteiger partial charge is 0.191 e. The van der Waals surface area contributed by atoms with Gasteiger partial charge < -0.3 is 15.1 Å². The Morgan fingerprint density at radius 3 is 2.54 bits per heavy atom. The quantitative estimate of drug-likeness (QED) is 0.406. The first-order valence-corrected chi connectivity index (χ1v) is 8.02. The fourth-order valence-electron chi connectivity index (χ4n) is 2.68. The molecule has 1 heterocycles. The summed E-state index contributed by atoms with van der Waals surface area (Å²) < 4.78 is 18.4. The van der Waals surface area contributed by atoms with Gasteiger partial charge in [0, 0.05) is 18.5 Å². The first-order valence-electron chi connectivity index (χ1n) is 8.02. The van der Waals surface area contributed by atoms with Crippen LogP contribution in [0.4, 0.5) is 4.39 Å². The highest BCUT2D eigenvalue weighted by Crippen LogP contribution is 2.47. The maximum Gasteiger partial charge on any atom is 0.191 e. The van der Waals surface area contributed by atoms with Crippen LogP contribution < -0.4 is 10.6 Å². The summed E-state index contributed by atoms with van der Waals surface area (Å²) in [6.45, 7) is 4.14. The first kappa shape index (κ1) is 18.8. The molecule has 4 nitrogen and oxygen atoms in total. The van der Waals surface area contributed by atoms with Crippen LogP contribution in [0.5, 0.6) is 0 Å². The van der Waals surface area contributed by atoms with Gasteiger partial charge in [0.25, 0.3) is 0 Å². The number of hydrogen-bond acceptors (Lipinski definition) is 2. The average molecular weight is 443 g/mol. The molecule has 6 heteroatoms. The lowest BCUT2D eigenvalue weighted by atomic mass is 9.96. The molecule has 0 spiro atoms. The SMILES string of the molecule is CCNC(=NCc1ccco1)NCC1(c2ccc(F)cc2)CC1.I. The topological polar surface area (TPSA) is 49.6 Å². The van der Waals surface area contributed by atoms with E-state index in [1.165, 1.54) is 17.7 Å². The van der Waals surface area contributed by atoms with Gasteiger partial charge in [-0.1, -0.05) is 12.1 Å². The highest BCUT2D eigenvalue weighted by Gasteiger charge is 2.44. The fraction of sp³-hybridized carbons (Fsp3) is 0.389. The molecule has 0 radical (unpaired) electrons. The van der Waals surface area contributed by atoms with Gasteiger partial charge in [0.1, 0.15) is 18.1 Å². The molecule has 0 atom stereocenters. The zero-order valence-electron chi connectivity index (χ0n) is 13.7. The minimum atomic E-state index is -0.189. The van der Waals surface area contributed by atoms with Crippen LogP contribution in [0.15, 0.2) is 52.1 Å². The van der Waals surface area contributed by atoms with Crippen molar-refractivity contribution >= 4 is 29.9 Å². The van der Waals surface area contributed by atoms with Gasteiger partial charge in [-0.3, -0.25) is 0 Å². The molecule has 1 aliphatic rings. The van der Waals surface area contributed by atoms with E-state index in [9.17, 15) is 4.39 Å². The van der Waals surface area contributed by atoms with Crippen LogP contribution in [-0.4, -0.2) is 19.0 Å². The predicted octanol–water partition coefficient (Wildman–Crippen LogP) is 3.82. The Labute approximate surface area is 159 Å². The molecule has 0 amide bonds. The third-order valence-electron chi connectivity index (χ3n) is 4.22. The Morgan fingerprint density at radius 2 is 1.96 bits per heavy atom. The van der Waals surface area contributed by atoms with Crippen LogP contribution in [0, 0.1) is 5.82 Å². The Kier molecular flexibility index (Phi) is 6.65. The van der Waals surface area contributed by atoms with Gasteiger partial charge in [-0.05, 0) is 49.6 Å². The molecule has 1 aromatic heterocycles. The summed E-state index contributed by atoms with van der Waals surface area (Å²) in [6, 6.07) is 10.6. The lowest BCUT2D eigenvalue weighted by Crippen LogP contribution is -2.41. The van der Waals surface area contributed by atoms with E-state index in [0.29, 0.717) is 6.54 Å². The highest BCUT2D eigenvalue weighted by atomic mass is 127. The second kappa shape index (κ2) is 8.50. The largest absolute Gasteiger partial charge is 0.467 e. The van der Waals surface area contributed by atoms with Crippen molar-refractivity contribution in [3.63, 3.8) is 0 Å². The highest BCUT2D eigenvalue weighted by molar-refractivity contribution is 14.0. The Hall–Kier alpha value is -1.57. The van der Waals surface area contributed by atoms with E-state index >= 15 is 0 Å². The summed E-state index contributed by atoms with van der Waals surface area (Å²) >= 11 is 0. The van der Waals surface area contributed by atoms with Crippen LogP contribution >= 0.6 is 24.0 Å². The van der Waals surface area contributed by atoms with Gasteiger partial charge in [-0.25, -0.2) is 9.38 Å². The molecule has 0 aliphatic heterocycles. The van der Waals surface area contributed by atoms with Crippen molar-refractivity contribution in [2.75, 3.05) is 13.1 Å². The van der Waals surface area contributed by atoms with Crippen LogP contribution in [0.1, 0.15) is 31.1 Å². The Morgan fingerprint density at radius 1 is 1.21 bits per heavy atom. The van der Waals surface area contributed by atoms with Crippen molar-refractivity contribution in [1.29, 1.82) is 0 Å². The molecular formula is C18H23FIN3O. The maximum atomic E-state index is 13.1. The predicted molar refractivity (Wildman–Crippen MR) is 104 cm³/mol. The van der Waals surface area contributed by atoms with Gasteiger partial charge in [0.15, 0.2) is 5.96 Å². The number of furan rings is 1. The molecule has 1 saturated carbocycles. The first-order chi connectivity index (χ1) is 11.2. The number of nitrogens with zero attached hydrogens (tertiary/aromatic N) is 1. The average Bonchev–Trinajstić information content (AvgIpc) is 3.16. The van der Waals surface area contributed by atoms with Gasteiger partial charge in [0.05, 0.1) is 6.26 Å². The lowest BCUT2D eigenvalue weighted by Gasteiger charge is -2.19. The molecule has 1 fully saturated rings. The second-order valence-electron chi connectivity index (χ2n) is 5.92. The number of nitrogens with one attached hydrogen (secondary N) is 2. The van der Waals surface area contributed by atoms with Crippen molar-refractivity contribution in [2.45, 2.75) is 31.7 Å².